The lowest BCUT2D eigenvalue weighted by Gasteiger charge is -2.09. The van der Waals surface area contributed by atoms with Crippen LogP contribution in [0.5, 0.6) is 0 Å². The highest BCUT2D eigenvalue weighted by Crippen LogP contribution is 2.32. The van der Waals surface area contributed by atoms with Crippen molar-refractivity contribution in [3.8, 4) is 0 Å². The van der Waals surface area contributed by atoms with Crippen molar-refractivity contribution in [1.29, 1.82) is 0 Å². The Hall–Kier alpha value is -2.01. The number of nitrogens with zero attached hydrogens (tertiary/aromatic N) is 3. The summed E-state index contributed by atoms with van der Waals surface area (Å²) in [6.45, 7) is 10.0. The zero-order valence-electron chi connectivity index (χ0n) is 14.8. The second kappa shape index (κ2) is 6.85. The summed E-state index contributed by atoms with van der Waals surface area (Å²) in [4.78, 5) is 5.74. The predicted molar refractivity (Wildman–Crippen MR) is 104 cm³/mol. The number of nitrogens with one attached hydrogen (secondary N) is 1. The van der Waals surface area contributed by atoms with E-state index in [9.17, 15) is 0 Å². The molecule has 0 spiro atoms. The minimum absolute atomic E-state index is 0.306. The molecule has 0 fully saturated rings. The maximum absolute atomic E-state index is 5.63. The Kier molecular flexibility index (Phi) is 4.81. The molecule has 1 aromatic heterocycles. The molecule has 0 unspecified atom stereocenters. The number of thiocarbonyl (C=S) groups is 1. The Bertz CT molecular complexity index is 784. The molecule has 3 rings (SSSR count). The fourth-order valence-corrected chi connectivity index (χ4v) is 3.18. The molecule has 126 valence electrons. The van der Waals surface area contributed by atoms with Gasteiger partial charge in [-0.15, -0.1) is 0 Å². The zero-order chi connectivity index (χ0) is 17.3. The van der Waals surface area contributed by atoms with E-state index in [1.807, 2.05) is 4.68 Å². The lowest BCUT2D eigenvalue weighted by molar-refractivity contribution is 0.583. The third kappa shape index (κ3) is 3.13. The van der Waals surface area contributed by atoms with Crippen LogP contribution in [-0.2, 0) is 6.54 Å². The van der Waals surface area contributed by atoms with Crippen LogP contribution in [0.25, 0.3) is 0 Å². The number of hydrogen-bond donors (Lipinski definition) is 1. The van der Waals surface area contributed by atoms with Gasteiger partial charge in [0.25, 0.3) is 0 Å². The Balaban J connectivity index is 2.15. The molecule has 0 saturated carbocycles. The molecule has 0 bridgehead atoms. The van der Waals surface area contributed by atoms with Crippen molar-refractivity contribution in [3.05, 3.63) is 46.8 Å². The molecule has 0 atom stereocenters. The lowest BCUT2D eigenvalue weighted by Crippen LogP contribution is -2.29. The monoisotopic (exact) mass is 340 g/mol. The number of fused-ring (bicyclic) bond motifs is 1. The molecule has 1 aromatic carbocycles. The van der Waals surface area contributed by atoms with Crippen molar-refractivity contribution in [3.63, 3.8) is 0 Å². The van der Waals surface area contributed by atoms with Crippen molar-refractivity contribution in [1.82, 2.24) is 15.1 Å². The molecule has 1 aliphatic rings. The van der Waals surface area contributed by atoms with Gasteiger partial charge in [-0.05, 0) is 24.8 Å². The molecule has 5 heteroatoms. The van der Waals surface area contributed by atoms with Crippen LogP contribution in [0.1, 0.15) is 55.6 Å². The number of aromatic nitrogens is 2. The summed E-state index contributed by atoms with van der Waals surface area (Å²) < 4.78 is 2.02. The van der Waals surface area contributed by atoms with E-state index >= 15 is 0 Å². The van der Waals surface area contributed by atoms with Crippen molar-refractivity contribution in [2.75, 3.05) is 6.54 Å². The first kappa shape index (κ1) is 16.8. The van der Waals surface area contributed by atoms with Gasteiger partial charge in [0.1, 0.15) is 16.4 Å². The number of rotatable bonds is 4. The van der Waals surface area contributed by atoms with E-state index in [-0.39, 0.29) is 0 Å². The molecular formula is C19H24N4S. The van der Waals surface area contributed by atoms with Gasteiger partial charge < -0.3 is 5.32 Å². The SMILES string of the molecule is CCCn1nc(C(C)C)c2c1C(=S)NCC(c1ccc(C)cc1)=N2. The summed E-state index contributed by atoms with van der Waals surface area (Å²) in [5.41, 5.74) is 6.29. The number of aryl methyl sites for hydroxylation is 2. The highest BCUT2D eigenvalue weighted by Gasteiger charge is 2.25. The topological polar surface area (TPSA) is 42.2 Å². The normalized spacial score (nSPS) is 14.2. The number of benzene rings is 1. The van der Waals surface area contributed by atoms with Crippen LogP contribution in [0.3, 0.4) is 0 Å². The Labute approximate surface area is 149 Å². The first-order valence-electron chi connectivity index (χ1n) is 8.54. The van der Waals surface area contributed by atoms with Crippen molar-refractivity contribution < 1.29 is 0 Å². The van der Waals surface area contributed by atoms with E-state index in [4.69, 9.17) is 22.3 Å². The highest BCUT2D eigenvalue weighted by atomic mass is 32.1. The van der Waals surface area contributed by atoms with E-state index in [0.29, 0.717) is 12.5 Å². The van der Waals surface area contributed by atoms with E-state index in [0.717, 1.165) is 46.3 Å². The second-order valence-electron chi connectivity index (χ2n) is 6.57. The van der Waals surface area contributed by atoms with Crippen LogP contribution >= 0.6 is 12.2 Å². The first-order valence-corrected chi connectivity index (χ1v) is 8.95. The predicted octanol–water partition coefficient (Wildman–Crippen LogP) is 4.12. The van der Waals surface area contributed by atoms with Crippen LogP contribution in [0.4, 0.5) is 5.69 Å². The van der Waals surface area contributed by atoms with Gasteiger partial charge in [0.15, 0.2) is 0 Å². The second-order valence-corrected chi connectivity index (χ2v) is 6.98. The van der Waals surface area contributed by atoms with Crippen LogP contribution in [0.15, 0.2) is 29.3 Å². The quantitative estimate of drug-likeness (QED) is 0.851. The molecule has 0 aliphatic carbocycles. The lowest BCUT2D eigenvalue weighted by atomic mass is 10.1. The summed E-state index contributed by atoms with van der Waals surface area (Å²) in [5, 5.41) is 8.15. The Morgan fingerprint density at radius 1 is 1.25 bits per heavy atom. The largest absolute Gasteiger partial charge is 0.369 e. The molecule has 4 nitrogen and oxygen atoms in total. The molecule has 1 aliphatic heterocycles. The first-order chi connectivity index (χ1) is 11.5. The number of hydrogen-bond acceptors (Lipinski definition) is 3. The van der Waals surface area contributed by atoms with Gasteiger partial charge in [0.2, 0.25) is 0 Å². The average molecular weight is 340 g/mol. The third-order valence-corrected chi connectivity index (χ3v) is 4.54. The van der Waals surface area contributed by atoms with Gasteiger partial charge in [-0.2, -0.15) is 5.10 Å². The summed E-state index contributed by atoms with van der Waals surface area (Å²) in [6.07, 6.45) is 1.02. The van der Waals surface area contributed by atoms with E-state index in [2.05, 4.69) is 57.3 Å². The molecule has 1 N–H and O–H groups in total. The maximum atomic E-state index is 5.63. The fourth-order valence-electron chi connectivity index (χ4n) is 2.90. The van der Waals surface area contributed by atoms with Gasteiger partial charge in [-0.3, -0.25) is 4.68 Å². The van der Waals surface area contributed by atoms with Gasteiger partial charge in [0, 0.05) is 6.54 Å². The minimum Gasteiger partial charge on any atom is -0.369 e. The van der Waals surface area contributed by atoms with Gasteiger partial charge in [-0.1, -0.05) is 62.8 Å². The van der Waals surface area contributed by atoms with Gasteiger partial charge in [-0.25, -0.2) is 4.99 Å². The summed E-state index contributed by atoms with van der Waals surface area (Å²) in [6, 6.07) is 8.47. The Morgan fingerprint density at radius 3 is 2.58 bits per heavy atom. The third-order valence-electron chi connectivity index (χ3n) is 4.20. The molecule has 2 heterocycles. The van der Waals surface area contributed by atoms with Crippen LogP contribution in [0, 0.1) is 6.92 Å². The molecular weight excluding hydrogens is 316 g/mol. The number of aliphatic imine (C=N–C) groups is 1. The van der Waals surface area contributed by atoms with E-state index in [1.54, 1.807) is 0 Å². The molecule has 2 aromatic rings. The van der Waals surface area contributed by atoms with Gasteiger partial charge >= 0.3 is 0 Å². The van der Waals surface area contributed by atoms with Crippen molar-refractivity contribution in [2.45, 2.75) is 46.6 Å². The molecule has 0 radical (unpaired) electrons. The van der Waals surface area contributed by atoms with Crippen molar-refractivity contribution in [2.24, 2.45) is 4.99 Å². The van der Waals surface area contributed by atoms with Crippen LogP contribution in [-0.4, -0.2) is 27.0 Å². The molecule has 0 amide bonds. The zero-order valence-corrected chi connectivity index (χ0v) is 15.6. The summed E-state index contributed by atoms with van der Waals surface area (Å²) in [7, 11) is 0. The Morgan fingerprint density at radius 2 is 1.96 bits per heavy atom. The summed E-state index contributed by atoms with van der Waals surface area (Å²) in [5.74, 6) is 0.306. The summed E-state index contributed by atoms with van der Waals surface area (Å²) >= 11 is 5.63. The van der Waals surface area contributed by atoms with Crippen LogP contribution in [0.2, 0.25) is 0 Å². The van der Waals surface area contributed by atoms with Gasteiger partial charge in [0.05, 0.1) is 18.0 Å². The minimum atomic E-state index is 0.306. The highest BCUT2D eigenvalue weighted by molar-refractivity contribution is 7.80. The maximum Gasteiger partial charge on any atom is 0.127 e. The fraction of sp³-hybridized carbons (Fsp3) is 0.421. The standard InChI is InChI=1S/C19H24N4S/c1-5-10-23-18-17(16(22-23)12(2)3)21-15(11-20-19(18)24)14-8-6-13(4)7-9-14/h6-9,12H,5,10-11H2,1-4H3,(H,20,24). The average Bonchev–Trinajstić information content (AvgIpc) is 2.81. The molecule has 24 heavy (non-hydrogen) atoms. The van der Waals surface area contributed by atoms with Crippen molar-refractivity contribution >= 4 is 28.6 Å². The van der Waals surface area contributed by atoms with E-state index < -0.39 is 0 Å². The molecule has 0 saturated heterocycles. The van der Waals surface area contributed by atoms with E-state index in [1.165, 1.54) is 5.56 Å². The van der Waals surface area contributed by atoms with Crippen LogP contribution < -0.4 is 5.32 Å². The smallest absolute Gasteiger partial charge is 0.127 e.